The zero-order chi connectivity index (χ0) is 9.84. The lowest BCUT2D eigenvalue weighted by Gasteiger charge is -2.29. The number of hydrogen-bond acceptors (Lipinski definition) is 0. The van der Waals surface area contributed by atoms with Gasteiger partial charge in [0, 0.05) is 0 Å². The third kappa shape index (κ3) is 3.89. The van der Waals surface area contributed by atoms with E-state index in [4.69, 9.17) is 0 Å². The molecule has 0 bridgehead atoms. The summed E-state index contributed by atoms with van der Waals surface area (Å²) in [6, 6.07) is 0. The average molecular weight is 209 g/mol. The fourth-order valence-electron chi connectivity index (χ4n) is 2.28. The molecular weight excluding hydrogens is 189 g/mol. The van der Waals surface area contributed by atoms with Crippen LogP contribution in [0.2, 0.25) is 0 Å². The minimum absolute atomic E-state index is 0.232. The maximum atomic E-state index is 12.2. The standard InChI is InChI=1S/C10H19F2P/c1-8(2)10-5-3-9(4-6-10)7-13(11)12/h8-10H,3-7H2,1-2H3/p+1. The normalized spacial score (nSPS) is 30.0. The van der Waals surface area contributed by atoms with Gasteiger partial charge in [0.15, 0.2) is 0 Å². The van der Waals surface area contributed by atoms with E-state index < -0.39 is 8.54 Å². The Hall–Kier alpha value is 0.290. The van der Waals surface area contributed by atoms with Crippen LogP contribution in [0.25, 0.3) is 0 Å². The van der Waals surface area contributed by atoms with Gasteiger partial charge in [-0.05, 0) is 51.8 Å². The summed E-state index contributed by atoms with van der Waals surface area (Å²) in [5, 5.41) is 0. The van der Waals surface area contributed by atoms with Gasteiger partial charge in [-0.3, -0.25) is 0 Å². The lowest BCUT2D eigenvalue weighted by Crippen LogP contribution is -2.19. The average Bonchev–Trinajstić information content (AvgIpc) is 2.04. The molecule has 0 aromatic heterocycles. The number of rotatable bonds is 3. The molecular formula is C10H20F2P+. The Morgan fingerprint density at radius 2 is 1.69 bits per heavy atom. The van der Waals surface area contributed by atoms with E-state index in [1.807, 2.05) is 0 Å². The summed E-state index contributed by atoms with van der Waals surface area (Å²) in [5.74, 6) is 1.88. The highest BCUT2D eigenvalue weighted by Crippen LogP contribution is 2.45. The summed E-state index contributed by atoms with van der Waals surface area (Å²) in [6.07, 6.45) is 4.68. The van der Waals surface area contributed by atoms with Gasteiger partial charge in [-0.2, -0.15) is 0 Å². The lowest BCUT2D eigenvalue weighted by molar-refractivity contribution is 0.235. The van der Waals surface area contributed by atoms with Gasteiger partial charge in [-0.25, -0.2) is 0 Å². The van der Waals surface area contributed by atoms with Crippen LogP contribution in [0, 0.1) is 17.8 Å². The van der Waals surface area contributed by atoms with E-state index in [2.05, 4.69) is 13.8 Å². The van der Waals surface area contributed by atoms with Crippen molar-refractivity contribution in [2.45, 2.75) is 39.5 Å². The van der Waals surface area contributed by atoms with Crippen LogP contribution in [0.15, 0.2) is 0 Å². The minimum Gasteiger partial charge on any atom is -0.0625 e. The topological polar surface area (TPSA) is 0 Å². The van der Waals surface area contributed by atoms with Crippen LogP contribution in [0.3, 0.4) is 0 Å². The largest absolute Gasteiger partial charge is 0.376 e. The first kappa shape index (κ1) is 11.4. The van der Waals surface area contributed by atoms with Crippen LogP contribution in [0.5, 0.6) is 0 Å². The molecule has 0 unspecified atom stereocenters. The summed E-state index contributed by atoms with van der Waals surface area (Å²) in [6.45, 7) is 4.48. The molecule has 0 aromatic carbocycles. The fraction of sp³-hybridized carbons (Fsp3) is 1.00. The zero-order valence-electron chi connectivity index (χ0n) is 8.52. The van der Waals surface area contributed by atoms with E-state index in [1.165, 1.54) is 12.8 Å². The van der Waals surface area contributed by atoms with Crippen molar-refractivity contribution in [1.82, 2.24) is 0 Å². The molecule has 0 amide bonds. The van der Waals surface area contributed by atoms with E-state index in [9.17, 15) is 8.39 Å². The molecule has 1 aliphatic rings. The zero-order valence-corrected chi connectivity index (χ0v) is 9.52. The fourth-order valence-corrected chi connectivity index (χ4v) is 3.12. The van der Waals surface area contributed by atoms with Crippen LogP contribution in [0.1, 0.15) is 39.5 Å². The molecule has 0 nitrogen and oxygen atoms in total. The summed E-state index contributed by atoms with van der Waals surface area (Å²) in [5.41, 5.74) is 0. The molecule has 1 aliphatic carbocycles. The second-order valence-electron chi connectivity index (χ2n) is 4.57. The number of halogens is 2. The Morgan fingerprint density at radius 3 is 2.08 bits per heavy atom. The van der Waals surface area contributed by atoms with Gasteiger partial charge < -0.3 is 0 Å². The molecule has 3 heteroatoms. The van der Waals surface area contributed by atoms with E-state index >= 15 is 0 Å². The molecule has 1 fully saturated rings. The Morgan fingerprint density at radius 1 is 1.15 bits per heavy atom. The van der Waals surface area contributed by atoms with E-state index in [0.717, 1.165) is 24.7 Å². The van der Waals surface area contributed by atoms with Gasteiger partial charge >= 0.3 is 8.54 Å². The molecule has 0 spiro atoms. The third-order valence-corrected chi connectivity index (χ3v) is 4.16. The molecule has 0 aliphatic heterocycles. The van der Waals surface area contributed by atoms with Crippen molar-refractivity contribution in [3.8, 4) is 0 Å². The summed E-state index contributed by atoms with van der Waals surface area (Å²) in [4.78, 5) is 0. The molecule has 0 atom stereocenters. The van der Waals surface area contributed by atoms with Gasteiger partial charge in [-0.1, -0.05) is 13.8 Å². The molecule has 13 heavy (non-hydrogen) atoms. The molecule has 0 saturated heterocycles. The Kier molecular flexibility index (Phi) is 4.58. The predicted octanol–water partition coefficient (Wildman–Crippen LogP) is 4.43. The SMILES string of the molecule is CC(C)C1CCC(C[PH+](F)F)CC1. The molecule has 0 radical (unpaired) electrons. The first-order chi connectivity index (χ1) is 6.09. The van der Waals surface area contributed by atoms with E-state index in [0.29, 0.717) is 5.92 Å². The molecule has 0 heterocycles. The summed E-state index contributed by atoms with van der Waals surface area (Å²) in [7, 11) is -2.97. The van der Waals surface area contributed by atoms with Crippen molar-refractivity contribution in [2.75, 3.05) is 6.16 Å². The molecule has 0 N–H and O–H groups in total. The Balaban J connectivity index is 2.22. The van der Waals surface area contributed by atoms with Gasteiger partial charge in [0.05, 0.1) is 0 Å². The Bertz CT molecular complexity index is 140. The number of hydrogen-bond donors (Lipinski definition) is 0. The summed E-state index contributed by atoms with van der Waals surface area (Å²) >= 11 is 0. The van der Waals surface area contributed by atoms with Gasteiger partial charge in [-0.15, -0.1) is 0 Å². The quantitative estimate of drug-likeness (QED) is 0.603. The molecule has 0 aromatic rings. The monoisotopic (exact) mass is 209 g/mol. The predicted molar refractivity (Wildman–Crippen MR) is 55.7 cm³/mol. The maximum absolute atomic E-state index is 12.2. The second-order valence-corrected chi connectivity index (χ2v) is 5.65. The van der Waals surface area contributed by atoms with Crippen molar-refractivity contribution < 1.29 is 8.39 Å². The lowest BCUT2D eigenvalue weighted by atomic mass is 9.77. The van der Waals surface area contributed by atoms with Crippen LogP contribution in [-0.2, 0) is 0 Å². The van der Waals surface area contributed by atoms with E-state index in [-0.39, 0.29) is 6.16 Å². The third-order valence-electron chi connectivity index (χ3n) is 3.28. The van der Waals surface area contributed by atoms with Gasteiger partial charge in [0.2, 0.25) is 0 Å². The van der Waals surface area contributed by atoms with Crippen LogP contribution in [-0.4, -0.2) is 6.16 Å². The second kappa shape index (κ2) is 5.24. The highest BCUT2D eigenvalue weighted by atomic mass is 31.2. The summed E-state index contributed by atoms with van der Waals surface area (Å²) < 4.78 is 24.4. The highest BCUT2D eigenvalue weighted by molar-refractivity contribution is 7.46. The molecule has 1 rings (SSSR count). The maximum Gasteiger partial charge on any atom is 0.376 e. The van der Waals surface area contributed by atoms with Crippen molar-refractivity contribution >= 4 is 8.54 Å². The van der Waals surface area contributed by atoms with Crippen molar-refractivity contribution in [1.29, 1.82) is 0 Å². The van der Waals surface area contributed by atoms with Crippen LogP contribution >= 0.6 is 8.54 Å². The Labute approximate surface area is 81.1 Å². The van der Waals surface area contributed by atoms with Gasteiger partial charge in [0.25, 0.3) is 0 Å². The van der Waals surface area contributed by atoms with Gasteiger partial charge in [0.1, 0.15) is 6.16 Å². The molecule has 78 valence electrons. The first-order valence-electron chi connectivity index (χ1n) is 5.26. The minimum atomic E-state index is -2.97. The highest BCUT2D eigenvalue weighted by Gasteiger charge is 2.28. The molecule has 1 saturated carbocycles. The van der Waals surface area contributed by atoms with E-state index in [1.54, 1.807) is 0 Å². The first-order valence-corrected chi connectivity index (χ1v) is 6.72. The van der Waals surface area contributed by atoms with Crippen LogP contribution in [0.4, 0.5) is 8.39 Å². The van der Waals surface area contributed by atoms with Crippen LogP contribution < -0.4 is 0 Å². The van der Waals surface area contributed by atoms with Crippen molar-refractivity contribution in [2.24, 2.45) is 17.8 Å². The smallest absolute Gasteiger partial charge is 0.0625 e. The van der Waals surface area contributed by atoms with Crippen molar-refractivity contribution in [3.63, 3.8) is 0 Å². The van der Waals surface area contributed by atoms with Crippen molar-refractivity contribution in [3.05, 3.63) is 0 Å².